The summed E-state index contributed by atoms with van der Waals surface area (Å²) in [6.45, 7) is 9.43. The number of anilines is 3. The average Bonchev–Trinajstić information content (AvgIpc) is 2.63. The number of hydrogen-bond acceptors (Lipinski definition) is 3. The molecule has 2 N–H and O–H groups in total. The van der Waals surface area contributed by atoms with E-state index >= 15 is 0 Å². The number of carbonyl (C=O) groups is 3. The molecule has 3 amide bonds. The van der Waals surface area contributed by atoms with Crippen molar-refractivity contribution in [1.82, 2.24) is 0 Å². The molecule has 2 aromatic rings. The minimum absolute atomic E-state index is 0.0892. The van der Waals surface area contributed by atoms with Crippen molar-refractivity contribution >= 4 is 34.8 Å². The fourth-order valence-electron chi connectivity index (χ4n) is 3.22. The Morgan fingerprint density at radius 2 is 1.52 bits per heavy atom. The molecule has 154 valence electrons. The standard InChI is InChI=1S/C23H29N3O3/c1-15(2)21-8-6-7-16(3)23(21)26(18(5)28)14-13-22(29)25-20-11-9-19(10-12-20)24-17(4)27/h6-12,15H,13-14H2,1-5H3,(H,24,27)(H,25,29). The highest BCUT2D eigenvalue weighted by Gasteiger charge is 2.20. The summed E-state index contributed by atoms with van der Waals surface area (Å²) in [6, 6.07) is 12.9. The second-order valence-corrected chi connectivity index (χ2v) is 7.39. The van der Waals surface area contributed by atoms with Gasteiger partial charge in [-0.05, 0) is 48.2 Å². The van der Waals surface area contributed by atoms with Crippen LogP contribution in [-0.4, -0.2) is 24.3 Å². The fraction of sp³-hybridized carbons (Fsp3) is 0.348. The normalized spacial score (nSPS) is 10.6. The van der Waals surface area contributed by atoms with Crippen molar-refractivity contribution in [3.8, 4) is 0 Å². The van der Waals surface area contributed by atoms with Gasteiger partial charge in [-0.15, -0.1) is 0 Å². The van der Waals surface area contributed by atoms with Crippen LogP contribution in [0.15, 0.2) is 42.5 Å². The van der Waals surface area contributed by atoms with Crippen molar-refractivity contribution in [2.24, 2.45) is 0 Å². The molecule has 0 bridgehead atoms. The number of para-hydroxylation sites is 1. The predicted octanol–water partition coefficient (Wildman–Crippen LogP) is 4.46. The van der Waals surface area contributed by atoms with Gasteiger partial charge < -0.3 is 15.5 Å². The van der Waals surface area contributed by atoms with Crippen molar-refractivity contribution in [3.05, 3.63) is 53.6 Å². The summed E-state index contributed by atoms with van der Waals surface area (Å²) in [6.07, 6.45) is 0.179. The van der Waals surface area contributed by atoms with E-state index < -0.39 is 0 Å². The topological polar surface area (TPSA) is 78.5 Å². The van der Waals surface area contributed by atoms with Gasteiger partial charge in [0.05, 0.1) is 0 Å². The molecule has 6 nitrogen and oxygen atoms in total. The van der Waals surface area contributed by atoms with E-state index in [0.29, 0.717) is 17.9 Å². The van der Waals surface area contributed by atoms with E-state index in [1.165, 1.54) is 13.8 Å². The van der Waals surface area contributed by atoms with E-state index in [1.807, 2.05) is 25.1 Å². The van der Waals surface area contributed by atoms with Gasteiger partial charge in [0.2, 0.25) is 17.7 Å². The molecule has 0 aromatic heterocycles. The zero-order valence-electron chi connectivity index (χ0n) is 17.7. The van der Waals surface area contributed by atoms with Crippen molar-refractivity contribution in [1.29, 1.82) is 0 Å². The van der Waals surface area contributed by atoms with Gasteiger partial charge in [-0.3, -0.25) is 14.4 Å². The molecule has 0 fully saturated rings. The summed E-state index contributed by atoms with van der Waals surface area (Å²) in [4.78, 5) is 37.5. The molecule has 0 aliphatic heterocycles. The molecule has 0 aliphatic rings. The Balaban J connectivity index is 2.07. The second-order valence-electron chi connectivity index (χ2n) is 7.39. The van der Waals surface area contributed by atoms with E-state index in [-0.39, 0.29) is 30.1 Å². The summed E-state index contributed by atoms with van der Waals surface area (Å²) >= 11 is 0. The quantitative estimate of drug-likeness (QED) is 0.726. The third-order valence-electron chi connectivity index (χ3n) is 4.59. The average molecular weight is 396 g/mol. The largest absolute Gasteiger partial charge is 0.326 e. The predicted molar refractivity (Wildman–Crippen MR) is 117 cm³/mol. The van der Waals surface area contributed by atoms with Gasteiger partial charge >= 0.3 is 0 Å². The fourth-order valence-corrected chi connectivity index (χ4v) is 3.22. The maximum Gasteiger partial charge on any atom is 0.226 e. The van der Waals surface area contributed by atoms with Crippen molar-refractivity contribution < 1.29 is 14.4 Å². The lowest BCUT2D eigenvalue weighted by Crippen LogP contribution is -2.33. The molecule has 0 atom stereocenters. The third kappa shape index (κ3) is 6.17. The van der Waals surface area contributed by atoms with Crippen LogP contribution < -0.4 is 15.5 Å². The molecular weight excluding hydrogens is 366 g/mol. The molecule has 0 saturated carbocycles. The first-order valence-corrected chi connectivity index (χ1v) is 9.74. The SMILES string of the molecule is CC(=O)Nc1ccc(NC(=O)CCN(C(C)=O)c2c(C)cccc2C(C)C)cc1. The molecule has 0 aliphatic carbocycles. The van der Waals surface area contributed by atoms with Gasteiger partial charge in [0.1, 0.15) is 0 Å². The molecule has 0 heterocycles. The lowest BCUT2D eigenvalue weighted by Gasteiger charge is -2.27. The van der Waals surface area contributed by atoms with Crippen LogP contribution in [0.3, 0.4) is 0 Å². The minimum Gasteiger partial charge on any atom is -0.326 e. The molecular formula is C23H29N3O3. The smallest absolute Gasteiger partial charge is 0.226 e. The van der Waals surface area contributed by atoms with Gasteiger partial charge in [0.25, 0.3) is 0 Å². The highest BCUT2D eigenvalue weighted by molar-refractivity contribution is 5.96. The number of carbonyl (C=O) groups excluding carboxylic acids is 3. The molecule has 2 aromatic carbocycles. The molecule has 0 saturated heterocycles. The Kier molecular flexibility index (Phi) is 7.53. The van der Waals surface area contributed by atoms with Gasteiger partial charge in [0.15, 0.2) is 0 Å². The van der Waals surface area contributed by atoms with E-state index in [9.17, 15) is 14.4 Å². The van der Waals surface area contributed by atoms with Gasteiger partial charge in [0, 0.05) is 43.9 Å². The second kappa shape index (κ2) is 9.87. The first-order valence-electron chi connectivity index (χ1n) is 9.74. The first kappa shape index (κ1) is 22.1. The molecule has 0 radical (unpaired) electrons. The summed E-state index contributed by atoms with van der Waals surface area (Å²) in [7, 11) is 0. The maximum atomic E-state index is 12.4. The number of hydrogen-bond donors (Lipinski definition) is 2. The number of rotatable bonds is 7. The van der Waals surface area contributed by atoms with E-state index in [2.05, 4.69) is 24.5 Å². The number of nitrogens with zero attached hydrogens (tertiary/aromatic N) is 1. The molecule has 2 rings (SSSR count). The Bertz CT molecular complexity index is 889. The number of benzene rings is 2. The van der Waals surface area contributed by atoms with Crippen LogP contribution in [0.25, 0.3) is 0 Å². The van der Waals surface area contributed by atoms with Crippen LogP contribution >= 0.6 is 0 Å². The first-order chi connectivity index (χ1) is 13.7. The number of nitrogens with one attached hydrogen (secondary N) is 2. The molecule has 0 spiro atoms. The zero-order chi connectivity index (χ0) is 21.6. The van der Waals surface area contributed by atoms with Gasteiger partial charge in [-0.1, -0.05) is 32.0 Å². The Hall–Kier alpha value is -3.15. The highest BCUT2D eigenvalue weighted by Crippen LogP contribution is 2.31. The van der Waals surface area contributed by atoms with Crippen LogP contribution in [0.2, 0.25) is 0 Å². The van der Waals surface area contributed by atoms with Crippen LogP contribution in [0.5, 0.6) is 0 Å². The zero-order valence-corrected chi connectivity index (χ0v) is 17.7. The summed E-state index contributed by atoms with van der Waals surface area (Å²) < 4.78 is 0. The van der Waals surface area contributed by atoms with Gasteiger partial charge in [-0.25, -0.2) is 0 Å². The van der Waals surface area contributed by atoms with Crippen molar-refractivity contribution in [3.63, 3.8) is 0 Å². The Labute approximate surface area is 172 Å². The van der Waals surface area contributed by atoms with Crippen LogP contribution in [0, 0.1) is 6.92 Å². The van der Waals surface area contributed by atoms with Gasteiger partial charge in [-0.2, -0.15) is 0 Å². The Morgan fingerprint density at radius 3 is 2.03 bits per heavy atom. The summed E-state index contributed by atoms with van der Waals surface area (Å²) in [5, 5.41) is 5.51. The van der Waals surface area contributed by atoms with E-state index in [1.54, 1.807) is 29.2 Å². The summed E-state index contributed by atoms with van der Waals surface area (Å²) in [5.74, 6) is -0.150. The van der Waals surface area contributed by atoms with Crippen molar-refractivity contribution in [2.45, 2.75) is 47.0 Å². The van der Waals surface area contributed by atoms with Crippen LogP contribution in [0.1, 0.15) is 51.2 Å². The maximum absolute atomic E-state index is 12.4. The molecule has 29 heavy (non-hydrogen) atoms. The molecule has 6 heteroatoms. The minimum atomic E-state index is -0.178. The lowest BCUT2D eigenvalue weighted by atomic mass is 9.97. The monoisotopic (exact) mass is 395 g/mol. The van der Waals surface area contributed by atoms with Crippen LogP contribution in [-0.2, 0) is 14.4 Å². The Morgan fingerprint density at radius 1 is 0.931 bits per heavy atom. The van der Waals surface area contributed by atoms with E-state index in [0.717, 1.165) is 16.8 Å². The van der Waals surface area contributed by atoms with Crippen LogP contribution in [0.4, 0.5) is 17.1 Å². The number of amides is 3. The number of aryl methyl sites for hydroxylation is 1. The highest BCUT2D eigenvalue weighted by atomic mass is 16.2. The lowest BCUT2D eigenvalue weighted by molar-refractivity contribution is -0.117. The molecule has 0 unspecified atom stereocenters. The van der Waals surface area contributed by atoms with E-state index in [4.69, 9.17) is 0 Å². The summed E-state index contributed by atoms with van der Waals surface area (Å²) in [5.41, 5.74) is 4.30. The third-order valence-corrected chi connectivity index (χ3v) is 4.59. The van der Waals surface area contributed by atoms with Crippen molar-refractivity contribution in [2.75, 3.05) is 22.1 Å².